The number of phenols is 1. The maximum atomic E-state index is 11.8. The summed E-state index contributed by atoms with van der Waals surface area (Å²) < 4.78 is 1.68. The number of nitrogens with one attached hydrogen (secondary N) is 1. The average molecular weight is 231 g/mol. The van der Waals surface area contributed by atoms with E-state index in [4.69, 9.17) is 0 Å². The molecule has 0 atom stereocenters. The molecule has 1 aromatic heterocycles. The van der Waals surface area contributed by atoms with Gasteiger partial charge in [-0.15, -0.1) is 0 Å². The Morgan fingerprint density at radius 1 is 1.47 bits per heavy atom. The number of amides is 1. The van der Waals surface area contributed by atoms with Crippen molar-refractivity contribution in [3.8, 4) is 5.75 Å². The van der Waals surface area contributed by atoms with Gasteiger partial charge in [-0.05, 0) is 24.6 Å². The van der Waals surface area contributed by atoms with Crippen LogP contribution >= 0.6 is 0 Å². The Hall–Kier alpha value is -2.30. The second-order valence-electron chi connectivity index (χ2n) is 3.90. The van der Waals surface area contributed by atoms with Gasteiger partial charge in [-0.3, -0.25) is 4.79 Å². The largest absolute Gasteiger partial charge is 0.506 e. The maximum absolute atomic E-state index is 11.8. The fraction of sp³-hybridized carbons (Fsp3) is 0.167. The molecule has 0 spiro atoms. The molecule has 1 heterocycles. The minimum atomic E-state index is -0.343. The Bertz CT molecular complexity index is 561. The van der Waals surface area contributed by atoms with E-state index in [2.05, 4.69) is 10.3 Å². The molecular weight excluding hydrogens is 218 g/mol. The summed E-state index contributed by atoms with van der Waals surface area (Å²) in [7, 11) is 1.78. The first-order chi connectivity index (χ1) is 8.06. The topological polar surface area (TPSA) is 67.2 Å². The maximum Gasteiger partial charge on any atom is 0.275 e. The summed E-state index contributed by atoms with van der Waals surface area (Å²) in [5.74, 6) is -0.293. The number of imidazole rings is 1. The molecule has 0 saturated carbocycles. The van der Waals surface area contributed by atoms with Gasteiger partial charge in [0.1, 0.15) is 11.4 Å². The summed E-state index contributed by atoms with van der Waals surface area (Å²) in [6.07, 6.45) is 3.16. The number of benzene rings is 1. The number of aryl methyl sites for hydroxylation is 2. The first-order valence-corrected chi connectivity index (χ1v) is 5.15. The highest BCUT2D eigenvalue weighted by Gasteiger charge is 2.10. The number of aromatic nitrogens is 2. The Labute approximate surface area is 98.7 Å². The van der Waals surface area contributed by atoms with Crippen LogP contribution in [-0.2, 0) is 7.05 Å². The van der Waals surface area contributed by atoms with E-state index in [1.165, 1.54) is 0 Å². The summed E-state index contributed by atoms with van der Waals surface area (Å²) >= 11 is 0. The lowest BCUT2D eigenvalue weighted by atomic mass is 10.2. The quantitative estimate of drug-likeness (QED) is 0.773. The van der Waals surface area contributed by atoms with E-state index in [1.807, 2.05) is 13.0 Å². The summed E-state index contributed by atoms with van der Waals surface area (Å²) in [6, 6.07) is 5.06. The van der Waals surface area contributed by atoms with E-state index in [9.17, 15) is 9.90 Å². The lowest BCUT2D eigenvalue weighted by Crippen LogP contribution is -2.12. The first-order valence-electron chi connectivity index (χ1n) is 5.15. The molecule has 88 valence electrons. The van der Waals surface area contributed by atoms with Crippen molar-refractivity contribution >= 4 is 11.6 Å². The zero-order valence-corrected chi connectivity index (χ0v) is 9.64. The molecule has 5 heteroatoms. The Morgan fingerprint density at radius 2 is 2.24 bits per heavy atom. The second-order valence-corrected chi connectivity index (χ2v) is 3.90. The molecule has 0 aliphatic heterocycles. The van der Waals surface area contributed by atoms with Crippen LogP contribution in [0.3, 0.4) is 0 Å². The van der Waals surface area contributed by atoms with Crippen LogP contribution in [0.5, 0.6) is 5.75 Å². The molecule has 2 N–H and O–H groups in total. The van der Waals surface area contributed by atoms with Crippen LogP contribution in [0.15, 0.2) is 30.7 Å². The molecule has 0 aliphatic rings. The van der Waals surface area contributed by atoms with Crippen LogP contribution in [0.2, 0.25) is 0 Å². The number of phenolic OH excluding ortho intramolecular Hbond substituents is 1. The number of carbonyl (C=O) groups excluding carboxylic acids is 1. The van der Waals surface area contributed by atoms with Crippen LogP contribution < -0.4 is 5.32 Å². The number of hydrogen-bond acceptors (Lipinski definition) is 3. The summed E-state index contributed by atoms with van der Waals surface area (Å²) in [5.41, 5.74) is 1.62. The van der Waals surface area contributed by atoms with Crippen LogP contribution in [0, 0.1) is 6.92 Å². The molecule has 0 fully saturated rings. The van der Waals surface area contributed by atoms with Gasteiger partial charge in [0.05, 0.1) is 12.0 Å². The van der Waals surface area contributed by atoms with Gasteiger partial charge in [0.25, 0.3) is 5.91 Å². The normalized spacial score (nSPS) is 10.2. The average Bonchev–Trinajstić information content (AvgIpc) is 2.69. The van der Waals surface area contributed by atoms with Crippen LogP contribution in [0.25, 0.3) is 0 Å². The van der Waals surface area contributed by atoms with Gasteiger partial charge in [0, 0.05) is 13.2 Å². The van der Waals surface area contributed by atoms with Crippen LogP contribution in [-0.4, -0.2) is 20.6 Å². The molecule has 17 heavy (non-hydrogen) atoms. The van der Waals surface area contributed by atoms with Gasteiger partial charge in [0.15, 0.2) is 0 Å². The van der Waals surface area contributed by atoms with Crippen molar-refractivity contribution in [2.75, 3.05) is 5.32 Å². The molecule has 0 bridgehead atoms. The smallest absolute Gasteiger partial charge is 0.275 e. The third-order valence-electron chi connectivity index (χ3n) is 2.34. The van der Waals surface area contributed by atoms with Crippen molar-refractivity contribution in [2.45, 2.75) is 6.92 Å². The summed E-state index contributed by atoms with van der Waals surface area (Å²) in [5, 5.41) is 12.3. The van der Waals surface area contributed by atoms with Crippen molar-refractivity contribution in [1.29, 1.82) is 0 Å². The molecule has 2 aromatic rings. The number of hydrogen-bond donors (Lipinski definition) is 2. The lowest BCUT2D eigenvalue weighted by Gasteiger charge is -2.06. The Balaban J connectivity index is 2.18. The standard InChI is InChI=1S/C12H13N3O2/c1-8-3-4-9(11(16)5-8)14-12(17)10-6-15(2)7-13-10/h3-7,16H,1-2H3,(H,14,17). The van der Waals surface area contributed by atoms with Crippen molar-refractivity contribution < 1.29 is 9.90 Å². The van der Waals surface area contributed by atoms with Gasteiger partial charge >= 0.3 is 0 Å². The molecule has 5 nitrogen and oxygen atoms in total. The van der Waals surface area contributed by atoms with Gasteiger partial charge in [-0.25, -0.2) is 4.98 Å². The van der Waals surface area contributed by atoms with E-state index in [0.29, 0.717) is 11.4 Å². The number of rotatable bonds is 2. The molecule has 2 rings (SSSR count). The fourth-order valence-corrected chi connectivity index (χ4v) is 1.46. The van der Waals surface area contributed by atoms with Crippen LogP contribution in [0.4, 0.5) is 5.69 Å². The molecule has 1 amide bonds. The highest BCUT2D eigenvalue weighted by atomic mass is 16.3. The molecular formula is C12H13N3O2. The third kappa shape index (κ3) is 2.44. The van der Waals surface area contributed by atoms with Gasteiger partial charge < -0.3 is 15.0 Å². The summed E-state index contributed by atoms with van der Waals surface area (Å²) in [6.45, 7) is 1.87. The molecule has 1 aromatic carbocycles. The zero-order valence-electron chi connectivity index (χ0n) is 9.64. The van der Waals surface area contributed by atoms with E-state index in [-0.39, 0.29) is 11.7 Å². The highest BCUT2D eigenvalue weighted by molar-refractivity contribution is 6.03. The minimum Gasteiger partial charge on any atom is -0.506 e. The van der Waals surface area contributed by atoms with E-state index in [1.54, 1.807) is 36.3 Å². The summed E-state index contributed by atoms with van der Waals surface area (Å²) in [4.78, 5) is 15.7. The number of anilines is 1. The Kier molecular flexibility index (Phi) is 2.82. The third-order valence-corrected chi connectivity index (χ3v) is 2.34. The molecule has 0 aliphatic carbocycles. The number of nitrogens with zero attached hydrogens (tertiary/aromatic N) is 2. The van der Waals surface area contributed by atoms with E-state index >= 15 is 0 Å². The molecule has 0 unspecified atom stereocenters. The Morgan fingerprint density at radius 3 is 2.82 bits per heavy atom. The fourth-order valence-electron chi connectivity index (χ4n) is 1.46. The van der Waals surface area contributed by atoms with Crippen molar-refractivity contribution in [3.05, 3.63) is 42.0 Å². The zero-order chi connectivity index (χ0) is 12.4. The van der Waals surface area contributed by atoms with Crippen molar-refractivity contribution in [1.82, 2.24) is 9.55 Å². The lowest BCUT2D eigenvalue weighted by molar-refractivity contribution is 0.102. The molecule has 0 radical (unpaired) electrons. The number of aromatic hydroxyl groups is 1. The van der Waals surface area contributed by atoms with E-state index in [0.717, 1.165) is 5.56 Å². The van der Waals surface area contributed by atoms with Crippen molar-refractivity contribution in [2.24, 2.45) is 7.05 Å². The van der Waals surface area contributed by atoms with Crippen LogP contribution in [0.1, 0.15) is 16.1 Å². The van der Waals surface area contributed by atoms with Crippen molar-refractivity contribution in [3.63, 3.8) is 0 Å². The molecule has 0 saturated heterocycles. The minimum absolute atomic E-state index is 0.0503. The van der Waals surface area contributed by atoms with Gasteiger partial charge in [0.2, 0.25) is 0 Å². The second kappa shape index (κ2) is 4.29. The predicted molar refractivity (Wildman–Crippen MR) is 64.0 cm³/mol. The SMILES string of the molecule is Cc1ccc(NC(=O)c2cn(C)cn2)c(O)c1. The highest BCUT2D eigenvalue weighted by Crippen LogP contribution is 2.24. The monoisotopic (exact) mass is 231 g/mol. The van der Waals surface area contributed by atoms with E-state index < -0.39 is 0 Å². The van der Waals surface area contributed by atoms with Gasteiger partial charge in [-0.2, -0.15) is 0 Å². The first kappa shape index (κ1) is 11.2. The van der Waals surface area contributed by atoms with Gasteiger partial charge in [-0.1, -0.05) is 6.07 Å². The predicted octanol–water partition coefficient (Wildman–Crippen LogP) is 1.69. The number of carbonyl (C=O) groups is 1.